The number of rotatable bonds is 2. The Hall–Kier alpha value is -2.31. The second-order valence-corrected chi connectivity index (χ2v) is 4.28. The van der Waals surface area contributed by atoms with Gasteiger partial charge in [0.15, 0.2) is 0 Å². The lowest BCUT2D eigenvalue weighted by Crippen LogP contribution is -2.07. The number of benzene rings is 1. The van der Waals surface area contributed by atoms with Gasteiger partial charge in [-0.25, -0.2) is 4.79 Å². The smallest absolute Gasteiger partial charge is 0.345 e. The Morgan fingerprint density at radius 2 is 2.16 bits per heavy atom. The normalized spacial score (nSPS) is 10.8. The fourth-order valence-corrected chi connectivity index (χ4v) is 1.96. The molecule has 0 aliphatic rings. The van der Waals surface area contributed by atoms with Crippen LogP contribution in [0.4, 0.5) is 5.69 Å². The number of anilines is 1. The van der Waals surface area contributed by atoms with Crippen molar-refractivity contribution >= 4 is 28.4 Å². The Bertz CT molecular complexity index is 809. The molecule has 7 heteroatoms. The first-order valence-corrected chi connectivity index (χ1v) is 5.78. The maximum absolute atomic E-state index is 11.9. The van der Waals surface area contributed by atoms with Crippen LogP contribution in [-0.4, -0.2) is 9.30 Å². The summed E-state index contributed by atoms with van der Waals surface area (Å²) in [7, 11) is 0. The molecule has 0 aliphatic carbocycles. The van der Waals surface area contributed by atoms with Crippen molar-refractivity contribution < 1.29 is 4.42 Å². The summed E-state index contributed by atoms with van der Waals surface area (Å²) in [5.41, 5.74) is 3.96. The number of hydrazine groups is 1. The third kappa shape index (κ3) is 2.07. The first-order chi connectivity index (χ1) is 9.17. The number of halogens is 1. The van der Waals surface area contributed by atoms with Crippen LogP contribution >= 0.6 is 11.8 Å². The third-order valence-electron chi connectivity index (χ3n) is 2.74. The molecule has 0 saturated carbocycles. The van der Waals surface area contributed by atoms with Crippen molar-refractivity contribution in [1.82, 2.24) is 9.30 Å². The molecule has 3 N–H and O–H groups in total. The first-order valence-electron chi connectivity index (χ1n) is 5.44. The Morgan fingerprint density at radius 3 is 2.84 bits per heavy atom. The molecule has 19 heavy (non-hydrogen) atoms. The van der Waals surface area contributed by atoms with Crippen LogP contribution in [0.3, 0.4) is 0 Å². The van der Waals surface area contributed by atoms with Crippen molar-refractivity contribution in [1.29, 1.82) is 0 Å². The highest BCUT2D eigenvalue weighted by molar-refractivity contribution is 6.14. The molecule has 0 spiro atoms. The molecule has 6 nitrogen and oxygen atoms in total. The third-order valence-corrected chi connectivity index (χ3v) is 2.93. The van der Waals surface area contributed by atoms with Crippen LogP contribution in [0.2, 0.25) is 0 Å². The van der Waals surface area contributed by atoms with Crippen LogP contribution in [0.5, 0.6) is 0 Å². The summed E-state index contributed by atoms with van der Waals surface area (Å²) in [4.78, 5) is 11.9. The molecule has 0 aliphatic heterocycles. The van der Waals surface area contributed by atoms with Gasteiger partial charge in [0, 0.05) is 29.4 Å². The number of hydrogen-bond acceptors (Lipinski definition) is 5. The fourth-order valence-electron chi connectivity index (χ4n) is 1.82. The van der Waals surface area contributed by atoms with Crippen molar-refractivity contribution in [2.75, 3.05) is 5.43 Å². The number of fused-ring (bicyclic) bond motifs is 1. The van der Waals surface area contributed by atoms with Crippen LogP contribution in [0, 0.1) is 0 Å². The lowest BCUT2D eigenvalue weighted by molar-refractivity contribution is 0.563. The highest BCUT2D eigenvalue weighted by Crippen LogP contribution is 2.22. The van der Waals surface area contributed by atoms with Crippen molar-refractivity contribution in [3.05, 3.63) is 46.9 Å². The summed E-state index contributed by atoms with van der Waals surface area (Å²) in [5, 5.41) is 4.75. The molecule has 0 fully saturated rings. The topological polar surface area (TPSA) is 86.1 Å². The van der Waals surface area contributed by atoms with Crippen LogP contribution in [-0.2, 0) is 0 Å². The molecule has 0 atom stereocenters. The predicted octanol–water partition coefficient (Wildman–Crippen LogP) is 1.94. The molecular weight excluding hydrogens is 268 g/mol. The summed E-state index contributed by atoms with van der Waals surface area (Å²) in [6.45, 7) is 0. The van der Waals surface area contributed by atoms with Gasteiger partial charge in [-0.05, 0) is 24.3 Å². The summed E-state index contributed by atoms with van der Waals surface area (Å²) in [6.07, 6.45) is 1.54. The van der Waals surface area contributed by atoms with Crippen molar-refractivity contribution in [2.45, 2.75) is 0 Å². The fraction of sp³-hybridized carbons (Fsp3) is 0. The number of nitrogens with one attached hydrogen (secondary N) is 1. The maximum Gasteiger partial charge on any atom is 0.345 e. The lowest BCUT2D eigenvalue weighted by Gasteiger charge is -2.02. The van der Waals surface area contributed by atoms with E-state index in [1.54, 1.807) is 36.5 Å². The van der Waals surface area contributed by atoms with Gasteiger partial charge in [-0.15, -0.1) is 0 Å². The molecule has 1 aromatic carbocycles. The number of hydrogen-bond donors (Lipinski definition) is 2. The van der Waals surface area contributed by atoms with Crippen molar-refractivity contribution in [3.8, 4) is 11.3 Å². The van der Waals surface area contributed by atoms with Crippen LogP contribution in [0.25, 0.3) is 22.2 Å². The Labute approximate surface area is 112 Å². The second-order valence-electron chi connectivity index (χ2n) is 3.93. The second kappa shape index (κ2) is 4.42. The minimum absolute atomic E-state index is 0.361. The van der Waals surface area contributed by atoms with E-state index >= 15 is 0 Å². The van der Waals surface area contributed by atoms with Gasteiger partial charge in [-0.1, -0.05) is 0 Å². The lowest BCUT2D eigenvalue weighted by atomic mass is 10.1. The summed E-state index contributed by atoms with van der Waals surface area (Å²) in [5.74, 6) is 5.31. The van der Waals surface area contributed by atoms with Crippen LogP contribution in [0.1, 0.15) is 0 Å². The van der Waals surface area contributed by atoms with Crippen LogP contribution in [0.15, 0.2) is 45.7 Å². The summed E-state index contributed by atoms with van der Waals surface area (Å²) in [6, 6.07) is 8.59. The minimum Gasteiger partial charge on any atom is -0.422 e. The monoisotopic (exact) mass is 276 g/mol. The van der Waals surface area contributed by atoms with E-state index in [1.807, 2.05) is 0 Å². The number of nitrogens with two attached hydrogens (primary N) is 1. The van der Waals surface area contributed by atoms with Gasteiger partial charge >= 0.3 is 5.63 Å². The molecule has 96 valence electrons. The number of nitrogen functional groups attached to an aromatic ring is 1. The van der Waals surface area contributed by atoms with E-state index in [4.69, 9.17) is 22.0 Å². The largest absolute Gasteiger partial charge is 0.422 e. The van der Waals surface area contributed by atoms with Gasteiger partial charge in [0.05, 0.1) is 11.3 Å². The molecule has 0 radical (unpaired) electrons. The average Bonchev–Trinajstić information content (AvgIpc) is 2.83. The zero-order valence-corrected chi connectivity index (χ0v) is 10.4. The van der Waals surface area contributed by atoms with E-state index in [-0.39, 0.29) is 0 Å². The van der Waals surface area contributed by atoms with E-state index in [2.05, 4.69) is 10.5 Å². The van der Waals surface area contributed by atoms with Crippen molar-refractivity contribution in [2.24, 2.45) is 5.84 Å². The van der Waals surface area contributed by atoms with Gasteiger partial charge in [0.1, 0.15) is 11.3 Å². The Balaban J connectivity index is 2.22. The van der Waals surface area contributed by atoms with Gasteiger partial charge in [-0.3, -0.25) is 5.84 Å². The van der Waals surface area contributed by atoms with E-state index in [9.17, 15) is 4.79 Å². The predicted molar refractivity (Wildman–Crippen MR) is 72.8 cm³/mol. The summed E-state index contributed by atoms with van der Waals surface area (Å²) < 4.78 is 6.37. The van der Waals surface area contributed by atoms with E-state index in [0.717, 1.165) is 9.59 Å². The van der Waals surface area contributed by atoms with E-state index in [1.165, 1.54) is 0 Å². The minimum atomic E-state index is -0.475. The Morgan fingerprint density at radius 1 is 1.32 bits per heavy atom. The molecule has 0 unspecified atom stereocenters. The molecule has 2 heterocycles. The van der Waals surface area contributed by atoms with E-state index in [0.29, 0.717) is 22.5 Å². The molecule has 3 aromatic rings. The van der Waals surface area contributed by atoms with Gasteiger partial charge in [0.2, 0.25) is 0 Å². The van der Waals surface area contributed by atoms with E-state index < -0.39 is 5.63 Å². The van der Waals surface area contributed by atoms with Gasteiger partial charge < -0.3 is 9.84 Å². The van der Waals surface area contributed by atoms with Gasteiger partial charge in [-0.2, -0.15) is 9.30 Å². The molecule has 0 saturated heterocycles. The molecule has 0 amide bonds. The zero-order valence-electron chi connectivity index (χ0n) is 9.63. The highest BCUT2D eigenvalue weighted by atomic mass is 35.5. The Kier molecular flexibility index (Phi) is 2.73. The number of aromatic nitrogens is 2. The molecular formula is C12H9ClN4O2. The average molecular weight is 277 g/mol. The van der Waals surface area contributed by atoms with Crippen LogP contribution < -0.4 is 16.9 Å². The quantitative estimate of drug-likeness (QED) is 0.424. The highest BCUT2D eigenvalue weighted by Gasteiger charge is 2.10. The maximum atomic E-state index is 11.9. The first kappa shape index (κ1) is 11.8. The van der Waals surface area contributed by atoms with Crippen molar-refractivity contribution in [3.63, 3.8) is 0 Å². The SMILES string of the molecule is NNc1ccc2cc(-c3ccn(Cl)n3)c(=O)oc2c1. The van der Waals surface area contributed by atoms with Gasteiger partial charge in [0.25, 0.3) is 0 Å². The molecule has 3 rings (SSSR count). The standard InChI is InChI=1S/C12H9ClN4O2/c13-17-4-3-10(16-17)9-5-7-1-2-8(15-14)6-11(7)19-12(9)18/h1-6,15H,14H2. The molecule has 2 aromatic heterocycles. The molecule has 0 bridgehead atoms. The number of nitrogens with zero attached hydrogens (tertiary/aromatic N) is 2. The zero-order chi connectivity index (χ0) is 13.4. The summed E-state index contributed by atoms with van der Waals surface area (Å²) >= 11 is 5.67.